The Kier molecular flexibility index (Phi) is 6.91. The van der Waals surface area contributed by atoms with Crippen molar-refractivity contribution >= 4 is 40.6 Å². The van der Waals surface area contributed by atoms with Crippen molar-refractivity contribution < 1.29 is 22.8 Å². The van der Waals surface area contributed by atoms with Gasteiger partial charge in [-0.3, -0.25) is 19.1 Å². The maximum absolute atomic E-state index is 13.4. The number of nitrogens with one attached hydrogen (secondary N) is 3. The van der Waals surface area contributed by atoms with E-state index in [1.165, 1.54) is 35.1 Å². The topological polar surface area (TPSA) is 146 Å². The van der Waals surface area contributed by atoms with Gasteiger partial charge >= 0.3 is 6.18 Å². The Labute approximate surface area is 224 Å². The predicted octanol–water partition coefficient (Wildman–Crippen LogP) is 3.21. The number of aromatic nitrogens is 5. The number of imidazole rings is 1. The number of H-pyrrole nitrogens is 1. The molecule has 1 saturated heterocycles. The van der Waals surface area contributed by atoms with Gasteiger partial charge in [0.25, 0.3) is 5.91 Å². The average molecular weight is 562 g/mol. The third-order valence-corrected chi connectivity index (χ3v) is 6.67. The van der Waals surface area contributed by atoms with Crippen LogP contribution in [0.25, 0.3) is 16.9 Å². The zero-order chi connectivity index (χ0) is 27.9. The molecule has 0 bridgehead atoms. The van der Waals surface area contributed by atoms with Gasteiger partial charge in [-0.25, -0.2) is 9.97 Å². The second-order valence-electron chi connectivity index (χ2n) is 9.12. The minimum absolute atomic E-state index is 0.0664. The minimum Gasteiger partial charge on any atom is -0.340 e. The number of nitrogens with two attached hydrogens (primary N) is 1. The molecule has 204 valence electrons. The van der Waals surface area contributed by atoms with Gasteiger partial charge in [-0.15, -0.1) is 0 Å². The highest BCUT2D eigenvalue weighted by atomic mass is 35.5. The molecule has 0 spiro atoms. The van der Waals surface area contributed by atoms with E-state index in [-0.39, 0.29) is 45.3 Å². The first-order chi connectivity index (χ1) is 18.5. The fourth-order valence-electron chi connectivity index (χ4n) is 4.41. The standard InChI is InChI=1S/C24H23ClF3N9O2/c1-12(23(39)36-6-4-13(29)11-36)33-22(38)15-3-2-14(8-17(15)25)34-20-21-31-10-18(37(21)7-5-30-20)16-9-32-35-19(16)24(26,27)28/h2-3,5,7-10,12-13H,4,6,11,29H2,1H3,(H,30,34)(H,32,35)(H,33,38)/t12-,13-/m1/s1. The lowest BCUT2D eigenvalue weighted by Gasteiger charge is -2.21. The SMILES string of the molecule is C[C@@H](NC(=O)c1ccc(Nc2nccn3c(-c4cn[nH]c4C(F)(F)F)cnc23)cc1Cl)C(=O)N1CC[C@@H](N)C1. The van der Waals surface area contributed by atoms with E-state index in [1.807, 2.05) is 5.10 Å². The molecular formula is C24H23ClF3N9O2. The first kappa shape index (κ1) is 26.4. The molecule has 2 atom stereocenters. The zero-order valence-electron chi connectivity index (χ0n) is 20.5. The monoisotopic (exact) mass is 561 g/mol. The highest BCUT2D eigenvalue weighted by Crippen LogP contribution is 2.36. The molecule has 1 aliphatic heterocycles. The number of likely N-dealkylation sites (tertiary alicyclic amines) is 1. The predicted molar refractivity (Wildman–Crippen MR) is 136 cm³/mol. The van der Waals surface area contributed by atoms with Crippen molar-refractivity contribution in [1.29, 1.82) is 0 Å². The molecule has 4 heterocycles. The van der Waals surface area contributed by atoms with Gasteiger partial charge in [0.15, 0.2) is 11.5 Å². The zero-order valence-corrected chi connectivity index (χ0v) is 21.2. The number of rotatable bonds is 6. The summed E-state index contributed by atoms with van der Waals surface area (Å²) >= 11 is 6.38. The lowest BCUT2D eigenvalue weighted by molar-refractivity contribution is -0.140. The number of benzene rings is 1. The molecule has 3 aromatic heterocycles. The van der Waals surface area contributed by atoms with E-state index in [9.17, 15) is 22.8 Å². The highest BCUT2D eigenvalue weighted by molar-refractivity contribution is 6.34. The van der Waals surface area contributed by atoms with E-state index in [2.05, 4.69) is 25.7 Å². The van der Waals surface area contributed by atoms with Crippen molar-refractivity contribution in [3.63, 3.8) is 0 Å². The Hall–Kier alpha value is -4.17. The largest absolute Gasteiger partial charge is 0.433 e. The second-order valence-corrected chi connectivity index (χ2v) is 9.52. The van der Waals surface area contributed by atoms with Crippen molar-refractivity contribution in [2.24, 2.45) is 5.73 Å². The van der Waals surface area contributed by atoms with Gasteiger partial charge in [0.1, 0.15) is 11.7 Å². The first-order valence-electron chi connectivity index (χ1n) is 11.9. The summed E-state index contributed by atoms with van der Waals surface area (Å²) in [4.78, 5) is 35.5. The molecule has 0 unspecified atom stereocenters. The summed E-state index contributed by atoms with van der Waals surface area (Å²) in [7, 11) is 0. The number of aromatic amines is 1. The average Bonchev–Trinajstić information content (AvgIpc) is 3.62. The van der Waals surface area contributed by atoms with E-state index in [1.54, 1.807) is 17.9 Å². The number of carbonyl (C=O) groups is 2. The van der Waals surface area contributed by atoms with Gasteiger partial charge in [-0.1, -0.05) is 11.6 Å². The number of carbonyl (C=O) groups excluding carboxylic acids is 2. The summed E-state index contributed by atoms with van der Waals surface area (Å²) in [6.45, 7) is 2.59. The van der Waals surface area contributed by atoms with Crippen LogP contribution in [0.5, 0.6) is 0 Å². The van der Waals surface area contributed by atoms with Gasteiger partial charge in [0, 0.05) is 37.2 Å². The maximum atomic E-state index is 13.4. The lowest BCUT2D eigenvalue weighted by atomic mass is 10.1. The third kappa shape index (κ3) is 5.25. The van der Waals surface area contributed by atoms with Crippen LogP contribution >= 0.6 is 11.6 Å². The molecule has 5 N–H and O–H groups in total. The highest BCUT2D eigenvalue weighted by Gasteiger charge is 2.36. The summed E-state index contributed by atoms with van der Waals surface area (Å²) in [6, 6.07) is 3.74. The molecule has 15 heteroatoms. The molecule has 4 aromatic rings. The van der Waals surface area contributed by atoms with Crippen molar-refractivity contribution in [3.05, 3.63) is 59.3 Å². The van der Waals surface area contributed by atoms with Crippen LogP contribution in [0, 0.1) is 0 Å². The molecule has 2 amide bonds. The van der Waals surface area contributed by atoms with Crippen LogP contribution in [0.2, 0.25) is 5.02 Å². The second kappa shape index (κ2) is 10.2. The minimum atomic E-state index is -4.62. The van der Waals surface area contributed by atoms with E-state index < -0.39 is 23.8 Å². The van der Waals surface area contributed by atoms with Crippen molar-refractivity contribution in [2.75, 3.05) is 18.4 Å². The quantitative estimate of drug-likeness (QED) is 0.283. The Morgan fingerprint density at radius 2 is 2.05 bits per heavy atom. The number of halogens is 4. The van der Waals surface area contributed by atoms with E-state index in [0.717, 1.165) is 6.20 Å². The number of fused-ring (bicyclic) bond motifs is 1. The molecule has 5 rings (SSSR count). The maximum Gasteiger partial charge on any atom is 0.433 e. The van der Waals surface area contributed by atoms with Crippen LogP contribution in [-0.4, -0.2) is 66.5 Å². The Morgan fingerprint density at radius 3 is 2.74 bits per heavy atom. The number of alkyl halides is 3. The number of hydrogen-bond donors (Lipinski definition) is 4. The summed E-state index contributed by atoms with van der Waals surface area (Å²) in [5.41, 5.74) is 5.75. The normalized spacial score (nSPS) is 16.5. The third-order valence-electron chi connectivity index (χ3n) is 6.36. The van der Waals surface area contributed by atoms with E-state index in [0.29, 0.717) is 25.2 Å². The molecule has 1 aromatic carbocycles. The molecule has 11 nitrogen and oxygen atoms in total. The Balaban J connectivity index is 1.33. The van der Waals surface area contributed by atoms with Gasteiger partial charge in [0.2, 0.25) is 5.91 Å². The van der Waals surface area contributed by atoms with Gasteiger partial charge in [0.05, 0.1) is 34.2 Å². The molecule has 39 heavy (non-hydrogen) atoms. The lowest BCUT2D eigenvalue weighted by Crippen LogP contribution is -2.46. The molecule has 0 aliphatic carbocycles. The number of anilines is 2. The Bertz CT molecular complexity index is 1550. The molecule has 0 saturated carbocycles. The summed E-state index contributed by atoms with van der Waals surface area (Å²) < 4.78 is 41.6. The van der Waals surface area contributed by atoms with Crippen molar-refractivity contribution in [2.45, 2.75) is 31.6 Å². The Morgan fingerprint density at radius 1 is 1.26 bits per heavy atom. The van der Waals surface area contributed by atoms with Crippen LogP contribution < -0.4 is 16.4 Å². The van der Waals surface area contributed by atoms with Gasteiger partial charge < -0.3 is 21.3 Å². The molecular weight excluding hydrogens is 539 g/mol. The smallest absolute Gasteiger partial charge is 0.340 e. The molecule has 0 radical (unpaired) electrons. The number of hydrogen-bond acceptors (Lipinski definition) is 7. The van der Waals surface area contributed by atoms with Gasteiger partial charge in [-0.2, -0.15) is 18.3 Å². The van der Waals surface area contributed by atoms with Crippen LogP contribution in [0.3, 0.4) is 0 Å². The van der Waals surface area contributed by atoms with E-state index >= 15 is 0 Å². The van der Waals surface area contributed by atoms with Gasteiger partial charge in [-0.05, 0) is 31.5 Å². The summed E-state index contributed by atoms with van der Waals surface area (Å²) in [6.07, 6.45) is 1.35. The number of nitrogens with zero attached hydrogens (tertiary/aromatic N) is 5. The van der Waals surface area contributed by atoms with Crippen LogP contribution in [-0.2, 0) is 11.0 Å². The fraction of sp³-hybridized carbons (Fsp3) is 0.292. The fourth-order valence-corrected chi connectivity index (χ4v) is 4.68. The van der Waals surface area contributed by atoms with Crippen LogP contribution in [0.4, 0.5) is 24.7 Å². The summed E-state index contributed by atoms with van der Waals surface area (Å²) in [5, 5.41) is 11.3. The summed E-state index contributed by atoms with van der Waals surface area (Å²) in [5.74, 6) is -0.492. The molecule has 1 fully saturated rings. The van der Waals surface area contributed by atoms with Crippen molar-refractivity contribution in [3.8, 4) is 11.3 Å². The first-order valence-corrected chi connectivity index (χ1v) is 12.3. The van der Waals surface area contributed by atoms with E-state index in [4.69, 9.17) is 17.3 Å². The number of amides is 2. The van der Waals surface area contributed by atoms with Crippen molar-refractivity contribution in [1.82, 2.24) is 34.8 Å². The van der Waals surface area contributed by atoms with Crippen LogP contribution in [0.1, 0.15) is 29.4 Å². The van der Waals surface area contributed by atoms with Crippen LogP contribution in [0.15, 0.2) is 43.0 Å². The molecule has 1 aliphatic rings.